The number of halogens is 1. The predicted octanol–water partition coefficient (Wildman–Crippen LogP) is 1.95. The number of aliphatic carboxylic acids is 1. The first-order chi connectivity index (χ1) is 11.8. The Bertz CT molecular complexity index is 730. The number of benzene rings is 1. The van der Waals surface area contributed by atoms with Crippen LogP contribution < -0.4 is 0 Å². The van der Waals surface area contributed by atoms with Crippen molar-refractivity contribution in [1.82, 2.24) is 25.1 Å². The highest BCUT2D eigenvalue weighted by molar-refractivity contribution is 6.30. The number of carbonyl (C=O) groups excluding carboxylic acids is 1. The molecule has 2 rings (SSSR count). The van der Waals surface area contributed by atoms with Gasteiger partial charge in [0.2, 0.25) is 11.7 Å². The monoisotopic (exact) mass is 365 g/mol. The minimum absolute atomic E-state index is 0.0903. The molecule has 0 bridgehead atoms. The smallest absolute Gasteiger partial charge is 0.305 e. The molecule has 134 valence electrons. The molecule has 0 atom stereocenters. The number of carboxylic acid groups (broad SMARTS) is 1. The zero-order valence-electron chi connectivity index (χ0n) is 14.1. The van der Waals surface area contributed by atoms with Crippen LogP contribution in [0.2, 0.25) is 5.02 Å². The van der Waals surface area contributed by atoms with E-state index in [1.54, 1.807) is 24.3 Å². The predicted molar refractivity (Wildman–Crippen MR) is 91.9 cm³/mol. The number of aromatic nitrogens is 4. The molecule has 0 fully saturated rings. The van der Waals surface area contributed by atoms with Crippen molar-refractivity contribution in [3.63, 3.8) is 0 Å². The van der Waals surface area contributed by atoms with Crippen LogP contribution in [-0.4, -0.2) is 55.2 Å². The molecular weight excluding hydrogens is 346 g/mol. The number of carbonyl (C=O) groups is 2. The van der Waals surface area contributed by atoms with E-state index in [2.05, 4.69) is 15.4 Å². The molecule has 0 aliphatic rings. The highest BCUT2D eigenvalue weighted by atomic mass is 35.5. The fourth-order valence-corrected chi connectivity index (χ4v) is 2.36. The van der Waals surface area contributed by atoms with Gasteiger partial charge in [-0.05, 0) is 35.4 Å². The van der Waals surface area contributed by atoms with Crippen LogP contribution in [0, 0.1) is 5.92 Å². The van der Waals surface area contributed by atoms with Gasteiger partial charge in [0, 0.05) is 23.7 Å². The highest BCUT2D eigenvalue weighted by Gasteiger charge is 2.18. The summed E-state index contributed by atoms with van der Waals surface area (Å²) >= 11 is 5.85. The maximum Gasteiger partial charge on any atom is 0.305 e. The summed E-state index contributed by atoms with van der Waals surface area (Å²) in [6, 6.07) is 6.98. The zero-order chi connectivity index (χ0) is 18.4. The quantitative estimate of drug-likeness (QED) is 0.767. The fraction of sp³-hybridized carbons (Fsp3) is 0.438. The third-order valence-electron chi connectivity index (χ3n) is 3.37. The van der Waals surface area contributed by atoms with Crippen LogP contribution in [0.1, 0.15) is 20.3 Å². The van der Waals surface area contributed by atoms with E-state index in [0.717, 1.165) is 5.56 Å². The number of hydrogen-bond acceptors (Lipinski definition) is 5. The fourth-order valence-electron chi connectivity index (χ4n) is 2.23. The van der Waals surface area contributed by atoms with Crippen LogP contribution >= 0.6 is 11.6 Å². The molecule has 1 amide bonds. The minimum Gasteiger partial charge on any atom is -0.481 e. The van der Waals surface area contributed by atoms with E-state index in [1.807, 2.05) is 13.8 Å². The molecule has 1 aromatic heterocycles. The molecule has 2 aromatic rings. The number of tetrazole rings is 1. The molecule has 9 heteroatoms. The minimum atomic E-state index is -0.939. The van der Waals surface area contributed by atoms with Crippen LogP contribution in [0.4, 0.5) is 0 Å². The molecule has 0 spiro atoms. The van der Waals surface area contributed by atoms with Crippen molar-refractivity contribution < 1.29 is 14.7 Å². The van der Waals surface area contributed by atoms with Gasteiger partial charge in [-0.2, -0.15) is 4.80 Å². The number of rotatable bonds is 8. The van der Waals surface area contributed by atoms with Crippen molar-refractivity contribution in [3.8, 4) is 11.4 Å². The average Bonchev–Trinajstić information content (AvgIpc) is 3.00. The van der Waals surface area contributed by atoms with E-state index >= 15 is 0 Å². The Hall–Kier alpha value is -2.48. The van der Waals surface area contributed by atoms with Gasteiger partial charge in [-0.15, -0.1) is 10.2 Å². The Morgan fingerprint density at radius 1 is 1.28 bits per heavy atom. The van der Waals surface area contributed by atoms with Crippen LogP contribution in [0.3, 0.4) is 0 Å². The van der Waals surface area contributed by atoms with Gasteiger partial charge < -0.3 is 10.0 Å². The maximum atomic E-state index is 12.4. The molecule has 1 N–H and O–H groups in total. The third kappa shape index (κ3) is 5.82. The summed E-state index contributed by atoms with van der Waals surface area (Å²) < 4.78 is 0. The number of carboxylic acids is 1. The van der Waals surface area contributed by atoms with E-state index in [4.69, 9.17) is 16.7 Å². The first kappa shape index (κ1) is 18.9. The Kier molecular flexibility index (Phi) is 6.46. The van der Waals surface area contributed by atoms with Crippen molar-refractivity contribution in [2.24, 2.45) is 5.92 Å². The van der Waals surface area contributed by atoms with Crippen molar-refractivity contribution in [2.75, 3.05) is 13.1 Å². The summed E-state index contributed by atoms with van der Waals surface area (Å²) in [5.74, 6) is -0.558. The maximum absolute atomic E-state index is 12.4. The molecule has 0 aliphatic heterocycles. The van der Waals surface area contributed by atoms with Crippen LogP contribution in [0.5, 0.6) is 0 Å². The Morgan fingerprint density at radius 3 is 2.56 bits per heavy atom. The van der Waals surface area contributed by atoms with Crippen molar-refractivity contribution in [1.29, 1.82) is 0 Å². The number of hydrogen-bond donors (Lipinski definition) is 1. The standard InChI is InChI=1S/C16H20ClN5O3/c1-11(2)9-21(8-7-15(24)25)14(23)10-22-19-16(18-20-22)12-3-5-13(17)6-4-12/h3-6,11H,7-10H2,1-2H3,(H,24,25). The van der Waals surface area contributed by atoms with Gasteiger partial charge in [0.15, 0.2) is 0 Å². The molecule has 0 radical (unpaired) electrons. The Balaban J connectivity index is 2.04. The molecule has 1 heterocycles. The van der Waals surface area contributed by atoms with E-state index in [0.29, 0.717) is 17.4 Å². The molecule has 0 unspecified atom stereocenters. The summed E-state index contributed by atoms with van der Waals surface area (Å²) in [5, 5.41) is 21.5. The average molecular weight is 366 g/mol. The summed E-state index contributed by atoms with van der Waals surface area (Å²) in [7, 11) is 0. The summed E-state index contributed by atoms with van der Waals surface area (Å²) in [5.41, 5.74) is 0.744. The van der Waals surface area contributed by atoms with E-state index < -0.39 is 5.97 Å². The van der Waals surface area contributed by atoms with Crippen LogP contribution in [0.25, 0.3) is 11.4 Å². The molecule has 0 saturated heterocycles. The summed E-state index contributed by atoms with van der Waals surface area (Å²) in [6.07, 6.45) is -0.0979. The van der Waals surface area contributed by atoms with Crippen molar-refractivity contribution in [2.45, 2.75) is 26.8 Å². The SMILES string of the molecule is CC(C)CN(CCC(=O)O)C(=O)Cn1nnc(-c2ccc(Cl)cc2)n1. The lowest BCUT2D eigenvalue weighted by atomic mass is 10.2. The van der Waals surface area contributed by atoms with Crippen LogP contribution in [0.15, 0.2) is 24.3 Å². The summed E-state index contributed by atoms with van der Waals surface area (Å²) in [6.45, 7) is 4.48. The molecule has 0 saturated carbocycles. The van der Waals surface area contributed by atoms with Gasteiger partial charge in [-0.3, -0.25) is 9.59 Å². The molecule has 1 aromatic carbocycles. The first-order valence-corrected chi connectivity index (χ1v) is 8.26. The Labute approximate surface area is 150 Å². The lowest BCUT2D eigenvalue weighted by molar-refractivity contribution is -0.139. The van der Waals surface area contributed by atoms with Gasteiger partial charge in [0.05, 0.1) is 6.42 Å². The number of amides is 1. The third-order valence-corrected chi connectivity index (χ3v) is 3.62. The van der Waals surface area contributed by atoms with Crippen molar-refractivity contribution in [3.05, 3.63) is 29.3 Å². The molecule has 0 aliphatic carbocycles. The van der Waals surface area contributed by atoms with E-state index in [-0.39, 0.29) is 31.3 Å². The second-order valence-corrected chi connectivity index (χ2v) is 6.46. The molecule has 25 heavy (non-hydrogen) atoms. The van der Waals surface area contributed by atoms with Gasteiger partial charge in [-0.25, -0.2) is 0 Å². The first-order valence-electron chi connectivity index (χ1n) is 7.88. The Morgan fingerprint density at radius 2 is 1.96 bits per heavy atom. The topological polar surface area (TPSA) is 101 Å². The second kappa shape index (κ2) is 8.57. The highest BCUT2D eigenvalue weighted by Crippen LogP contribution is 2.17. The van der Waals surface area contributed by atoms with Gasteiger partial charge in [0.1, 0.15) is 6.54 Å². The van der Waals surface area contributed by atoms with Gasteiger partial charge in [0.25, 0.3) is 0 Å². The molecule has 8 nitrogen and oxygen atoms in total. The molecular formula is C16H20ClN5O3. The second-order valence-electron chi connectivity index (χ2n) is 6.03. The van der Waals surface area contributed by atoms with E-state index in [1.165, 1.54) is 9.70 Å². The van der Waals surface area contributed by atoms with E-state index in [9.17, 15) is 9.59 Å². The zero-order valence-corrected chi connectivity index (χ0v) is 14.8. The summed E-state index contributed by atoms with van der Waals surface area (Å²) in [4.78, 5) is 25.9. The van der Waals surface area contributed by atoms with Gasteiger partial charge >= 0.3 is 5.97 Å². The lowest BCUT2D eigenvalue weighted by Crippen LogP contribution is -2.38. The van der Waals surface area contributed by atoms with Crippen LogP contribution in [-0.2, 0) is 16.1 Å². The normalized spacial score (nSPS) is 10.9. The lowest BCUT2D eigenvalue weighted by Gasteiger charge is -2.23. The van der Waals surface area contributed by atoms with Crippen molar-refractivity contribution >= 4 is 23.5 Å². The largest absolute Gasteiger partial charge is 0.481 e. The number of nitrogens with zero attached hydrogens (tertiary/aromatic N) is 5. The van der Waals surface area contributed by atoms with Gasteiger partial charge in [-0.1, -0.05) is 25.4 Å².